The molecule has 1 unspecified atom stereocenters. The number of aryl methyl sites for hydroxylation is 1. The maximum Gasteiger partial charge on any atom is 0.252 e. The number of amides is 1. The minimum absolute atomic E-state index is 0. The van der Waals surface area contributed by atoms with Crippen LogP contribution in [0, 0.1) is 6.92 Å². The van der Waals surface area contributed by atoms with Gasteiger partial charge in [-0.2, -0.15) is 0 Å². The van der Waals surface area contributed by atoms with Crippen molar-refractivity contribution in [1.82, 2.24) is 10.2 Å². The molecule has 5 heteroatoms. The lowest BCUT2D eigenvalue weighted by atomic mass is 10.0. The molecule has 3 nitrogen and oxygen atoms in total. The highest BCUT2D eigenvalue weighted by molar-refractivity contribution is 9.10. The van der Waals surface area contributed by atoms with Crippen molar-refractivity contribution in [2.75, 3.05) is 19.6 Å². The minimum atomic E-state index is -0.0289. The highest BCUT2D eigenvalue weighted by Gasteiger charge is 2.24. The summed E-state index contributed by atoms with van der Waals surface area (Å²) in [4.78, 5) is 15.0. The van der Waals surface area contributed by atoms with Crippen molar-refractivity contribution in [2.24, 2.45) is 0 Å². The van der Waals surface area contributed by atoms with E-state index in [-0.39, 0.29) is 24.4 Å². The Bertz CT molecular complexity index is 699. The summed E-state index contributed by atoms with van der Waals surface area (Å²) in [6.45, 7) is 4.93. The van der Waals surface area contributed by atoms with E-state index in [9.17, 15) is 4.79 Å². The van der Waals surface area contributed by atoms with E-state index in [0.717, 1.165) is 17.6 Å². The molecule has 1 atom stereocenters. The molecule has 1 aliphatic rings. The monoisotopic (exact) mass is 422 g/mol. The molecule has 0 bridgehead atoms. The van der Waals surface area contributed by atoms with Crippen LogP contribution in [0.25, 0.3) is 0 Å². The quantitative estimate of drug-likeness (QED) is 0.753. The van der Waals surface area contributed by atoms with Gasteiger partial charge in [0.2, 0.25) is 0 Å². The molecule has 1 N–H and O–H groups in total. The highest BCUT2D eigenvalue weighted by atomic mass is 79.9. The number of carbonyl (C=O) groups excluding carboxylic acids is 1. The van der Waals surface area contributed by atoms with Crippen LogP contribution >= 0.6 is 28.3 Å². The highest BCUT2D eigenvalue weighted by Crippen LogP contribution is 2.25. The van der Waals surface area contributed by atoms with Crippen LogP contribution in [-0.2, 0) is 0 Å². The third-order valence-corrected chi connectivity index (χ3v) is 5.31. The number of halogens is 2. The van der Waals surface area contributed by atoms with E-state index in [1.165, 1.54) is 24.0 Å². The van der Waals surface area contributed by atoms with Gasteiger partial charge in [-0.1, -0.05) is 42.0 Å². The van der Waals surface area contributed by atoms with Crippen molar-refractivity contribution >= 4 is 34.2 Å². The molecule has 3 rings (SSSR count). The molecule has 2 aromatic carbocycles. The normalized spacial score (nSPS) is 15.4. The Morgan fingerprint density at radius 3 is 2.40 bits per heavy atom. The number of benzene rings is 2. The summed E-state index contributed by atoms with van der Waals surface area (Å²) in [5, 5.41) is 3.12. The molecule has 0 aromatic heterocycles. The topological polar surface area (TPSA) is 32.3 Å². The van der Waals surface area contributed by atoms with E-state index >= 15 is 0 Å². The molecule has 1 saturated heterocycles. The van der Waals surface area contributed by atoms with Crippen molar-refractivity contribution < 1.29 is 4.79 Å². The third kappa shape index (κ3) is 5.06. The van der Waals surface area contributed by atoms with Gasteiger partial charge in [0.25, 0.3) is 5.91 Å². The fraction of sp³-hybridized carbons (Fsp3) is 0.350. The molecule has 0 spiro atoms. The van der Waals surface area contributed by atoms with Crippen LogP contribution in [-0.4, -0.2) is 30.4 Å². The fourth-order valence-corrected chi connectivity index (χ4v) is 3.69. The zero-order valence-corrected chi connectivity index (χ0v) is 16.8. The third-order valence-electron chi connectivity index (χ3n) is 4.62. The Labute approximate surface area is 164 Å². The largest absolute Gasteiger partial charge is 0.350 e. The number of hydrogen-bond acceptors (Lipinski definition) is 2. The van der Waals surface area contributed by atoms with E-state index in [1.54, 1.807) is 0 Å². The number of rotatable bonds is 5. The van der Waals surface area contributed by atoms with Crippen molar-refractivity contribution in [3.8, 4) is 0 Å². The summed E-state index contributed by atoms with van der Waals surface area (Å²) >= 11 is 3.45. The SMILES string of the molecule is Cc1ccc(C(CNC(=O)c2ccccc2Br)N2CCCC2)cc1.Cl. The zero-order valence-electron chi connectivity index (χ0n) is 14.4. The van der Waals surface area contributed by atoms with Crippen LogP contribution in [0.5, 0.6) is 0 Å². The molecule has 25 heavy (non-hydrogen) atoms. The van der Waals surface area contributed by atoms with Gasteiger partial charge in [-0.05, 0) is 66.5 Å². The Morgan fingerprint density at radius 2 is 1.76 bits per heavy atom. The van der Waals surface area contributed by atoms with Crippen molar-refractivity contribution in [2.45, 2.75) is 25.8 Å². The number of carbonyl (C=O) groups is 1. The minimum Gasteiger partial charge on any atom is -0.350 e. The number of nitrogens with zero attached hydrogens (tertiary/aromatic N) is 1. The summed E-state index contributed by atoms with van der Waals surface area (Å²) in [6.07, 6.45) is 2.47. The van der Waals surface area contributed by atoms with Crippen LogP contribution in [0.3, 0.4) is 0 Å². The first-order valence-corrected chi connectivity index (χ1v) is 9.28. The Hall–Kier alpha value is -1.36. The number of nitrogens with one attached hydrogen (secondary N) is 1. The van der Waals surface area contributed by atoms with E-state index in [0.29, 0.717) is 12.1 Å². The summed E-state index contributed by atoms with van der Waals surface area (Å²) in [6, 6.07) is 16.4. The first-order chi connectivity index (χ1) is 11.6. The van der Waals surface area contributed by atoms with Gasteiger partial charge in [-0.25, -0.2) is 0 Å². The van der Waals surface area contributed by atoms with E-state index in [2.05, 4.69) is 57.3 Å². The van der Waals surface area contributed by atoms with E-state index in [4.69, 9.17) is 0 Å². The van der Waals surface area contributed by atoms with Gasteiger partial charge < -0.3 is 5.32 Å². The van der Waals surface area contributed by atoms with Gasteiger partial charge >= 0.3 is 0 Å². The second-order valence-electron chi connectivity index (χ2n) is 6.36. The van der Waals surface area contributed by atoms with Gasteiger partial charge in [-0.3, -0.25) is 9.69 Å². The number of likely N-dealkylation sites (tertiary alicyclic amines) is 1. The van der Waals surface area contributed by atoms with Crippen molar-refractivity contribution in [3.63, 3.8) is 0 Å². The first-order valence-electron chi connectivity index (χ1n) is 8.48. The Balaban J connectivity index is 0.00000225. The van der Waals surface area contributed by atoms with Gasteiger partial charge in [0.15, 0.2) is 0 Å². The molecule has 2 aromatic rings. The van der Waals surface area contributed by atoms with Crippen LogP contribution in [0.4, 0.5) is 0 Å². The number of hydrogen-bond donors (Lipinski definition) is 1. The second kappa shape index (κ2) is 9.37. The van der Waals surface area contributed by atoms with Crippen LogP contribution < -0.4 is 5.32 Å². The van der Waals surface area contributed by atoms with Crippen LogP contribution in [0.15, 0.2) is 53.0 Å². The molecule has 0 radical (unpaired) electrons. The predicted octanol–water partition coefficient (Wildman–Crippen LogP) is 4.75. The maximum atomic E-state index is 12.5. The average molecular weight is 424 g/mol. The van der Waals surface area contributed by atoms with Crippen molar-refractivity contribution in [3.05, 3.63) is 69.7 Å². The fourth-order valence-electron chi connectivity index (χ4n) is 3.23. The first kappa shape index (κ1) is 20.0. The Morgan fingerprint density at radius 1 is 1.12 bits per heavy atom. The standard InChI is InChI=1S/C20H23BrN2O.ClH/c1-15-8-10-16(11-9-15)19(23-12-4-5-13-23)14-22-20(24)17-6-2-3-7-18(17)21;/h2-3,6-11,19H,4-5,12-14H2,1H3,(H,22,24);1H. The van der Waals surface area contributed by atoms with Crippen molar-refractivity contribution in [1.29, 1.82) is 0 Å². The van der Waals surface area contributed by atoms with Crippen LogP contribution in [0.2, 0.25) is 0 Å². The second-order valence-corrected chi connectivity index (χ2v) is 7.21. The predicted molar refractivity (Wildman–Crippen MR) is 108 cm³/mol. The average Bonchev–Trinajstić information content (AvgIpc) is 3.11. The summed E-state index contributed by atoms with van der Waals surface area (Å²) in [5.41, 5.74) is 3.22. The van der Waals surface area contributed by atoms with Gasteiger partial charge in [0, 0.05) is 11.0 Å². The van der Waals surface area contributed by atoms with Crippen LogP contribution in [0.1, 0.15) is 40.4 Å². The lowest BCUT2D eigenvalue weighted by molar-refractivity contribution is 0.0937. The smallest absolute Gasteiger partial charge is 0.252 e. The lowest BCUT2D eigenvalue weighted by Gasteiger charge is -2.28. The lowest BCUT2D eigenvalue weighted by Crippen LogP contribution is -2.36. The Kier molecular flexibility index (Phi) is 7.48. The van der Waals surface area contributed by atoms with Gasteiger partial charge in [0.05, 0.1) is 11.6 Å². The molecule has 0 aliphatic carbocycles. The maximum absolute atomic E-state index is 12.5. The van der Waals surface area contributed by atoms with Gasteiger partial charge in [-0.15, -0.1) is 12.4 Å². The summed E-state index contributed by atoms with van der Waals surface area (Å²) in [7, 11) is 0. The molecule has 1 amide bonds. The van der Waals surface area contributed by atoms with Gasteiger partial charge in [0.1, 0.15) is 0 Å². The summed E-state index contributed by atoms with van der Waals surface area (Å²) < 4.78 is 0.829. The molecule has 1 aliphatic heterocycles. The molecule has 1 fully saturated rings. The zero-order chi connectivity index (χ0) is 16.9. The molecule has 1 heterocycles. The van der Waals surface area contributed by atoms with E-state index < -0.39 is 0 Å². The summed E-state index contributed by atoms with van der Waals surface area (Å²) in [5.74, 6) is -0.0289. The molecule has 0 saturated carbocycles. The van der Waals surface area contributed by atoms with E-state index in [1.807, 2.05) is 24.3 Å². The molecular weight excluding hydrogens is 400 g/mol. The molecular formula is C20H24BrClN2O. The molecule has 134 valence electrons.